The molecule has 0 aromatic heterocycles. The molecule has 0 saturated heterocycles. The molecule has 0 aliphatic carbocycles. The third kappa shape index (κ3) is 6.12. The highest BCUT2D eigenvalue weighted by Crippen LogP contribution is 2.36. The van der Waals surface area contributed by atoms with Crippen LogP contribution < -0.4 is 4.74 Å². The lowest BCUT2D eigenvalue weighted by Crippen LogP contribution is -2.32. The van der Waals surface area contributed by atoms with Crippen LogP contribution in [0.15, 0.2) is 115 Å². The fraction of sp³-hybridized carbons (Fsp3) is 0.167. The molecule has 4 nitrogen and oxygen atoms in total. The number of carbonyl (C=O) groups is 1. The summed E-state index contributed by atoms with van der Waals surface area (Å²) >= 11 is 0. The van der Waals surface area contributed by atoms with Crippen LogP contribution in [0.1, 0.15) is 42.1 Å². The largest absolute Gasteiger partial charge is 0.481 e. The Morgan fingerprint density at radius 1 is 0.765 bits per heavy atom. The number of ether oxygens (including phenoxy) is 1. The molecule has 0 aliphatic rings. The zero-order valence-corrected chi connectivity index (χ0v) is 19.2. The number of hydrogen-bond acceptors (Lipinski definition) is 3. The van der Waals surface area contributed by atoms with E-state index < -0.39 is 5.97 Å². The second-order valence-corrected chi connectivity index (χ2v) is 8.35. The number of nitrogens with zero attached hydrogens (tertiary/aromatic N) is 1. The van der Waals surface area contributed by atoms with Crippen molar-refractivity contribution >= 4 is 5.97 Å². The lowest BCUT2D eigenvalue weighted by Gasteiger charge is -2.37. The quantitative estimate of drug-likeness (QED) is 0.276. The van der Waals surface area contributed by atoms with Gasteiger partial charge in [0, 0.05) is 18.6 Å². The molecule has 0 bridgehead atoms. The lowest BCUT2D eigenvalue weighted by atomic mass is 9.96. The van der Waals surface area contributed by atoms with Crippen LogP contribution >= 0.6 is 0 Å². The van der Waals surface area contributed by atoms with Crippen molar-refractivity contribution in [3.05, 3.63) is 132 Å². The standard InChI is InChI=1S/C30H29NO3/c1-23(25-14-7-3-8-15-25)31(22-24-12-5-2-6-13-24)29(21-30(32)33)26-16-11-19-28(20-26)34-27-17-9-4-10-18-27/h2-20,23,29H,21-22H2,1H3,(H,32,33)/t23-,29+/m1/s1. The minimum absolute atomic E-state index is 0.00412. The second kappa shape index (κ2) is 11.3. The summed E-state index contributed by atoms with van der Waals surface area (Å²) in [5.74, 6) is 0.594. The summed E-state index contributed by atoms with van der Waals surface area (Å²) in [6.45, 7) is 2.76. The van der Waals surface area contributed by atoms with E-state index in [2.05, 4.69) is 36.1 Å². The van der Waals surface area contributed by atoms with Crippen molar-refractivity contribution in [2.45, 2.75) is 32.0 Å². The maximum absolute atomic E-state index is 12.0. The summed E-state index contributed by atoms with van der Waals surface area (Å²) in [4.78, 5) is 14.3. The molecule has 4 heteroatoms. The zero-order chi connectivity index (χ0) is 23.8. The first-order valence-corrected chi connectivity index (χ1v) is 11.5. The van der Waals surface area contributed by atoms with E-state index in [0.29, 0.717) is 12.3 Å². The van der Waals surface area contributed by atoms with Crippen LogP contribution in [0.3, 0.4) is 0 Å². The highest BCUT2D eigenvalue weighted by molar-refractivity contribution is 5.68. The zero-order valence-electron chi connectivity index (χ0n) is 19.2. The number of para-hydroxylation sites is 1. The van der Waals surface area contributed by atoms with Crippen LogP contribution in [0.5, 0.6) is 11.5 Å². The van der Waals surface area contributed by atoms with Crippen LogP contribution in [0.2, 0.25) is 0 Å². The molecule has 0 saturated carbocycles. The van der Waals surface area contributed by atoms with Gasteiger partial charge in [0.1, 0.15) is 11.5 Å². The van der Waals surface area contributed by atoms with Crippen molar-refractivity contribution in [3.8, 4) is 11.5 Å². The average molecular weight is 452 g/mol. The molecule has 172 valence electrons. The van der Waals surface area contributed by atoms with Crippen molar-refractivity contribution in [2.24, 2.45) is 0 Å². The van der Waals surface area contributed by atoms with E-state index in [1.165, 1.54) is 0 Å². The molecule has 4 rings (SSSR count). The molecule has 4 aromatic carbocycles. The third-order valence-electron chi connectivity index (χ3n) is 5.98. The van der Waals surface area contributed by atoms with Gasteiger partial charge in [0.05, 0.1) is 6.42 Å². The molecule has 0 heterocycles. The Balaban J connectivity index is 1.72. The van der Waals surface area contributed by atoms with Crippen molar-refractivity contribution in [1.82, 2.24) is 4.90 Å². The fourth-order valence-corrected chi connectivity index (χ4v) is 4.24. The Labute approximate surface area is 201 Å². The van der Waals surface area contributed by atoms with Crippen LogP contribution in [-0.4, -0.2) is 16.0 Å². The van der Waals surface area contributed by atoms with Crippen molar-refractivity contribution in [1.29, 1.82) is 0 Å². The van der Waals surface area contributed by atoms with E-state index >= 15 is 0 Å². The molecule has 2 atom stereocenters. The predicted octanol–water partition coefficient (Wildman–Crippen LogP) is 7.26. The monoisotopic (exact) mass is 451 g/mol. The van der Waals surface area contributed by atoms with Crippen molar-refractivity contribution in [2.75, 3.05) is 0 Å². The van der Waals surface area contributed by atoms with Crippen LogP contribution in [0, 0.1) is 0 Å². The summed E-state index contributed by atoms with van der Waals surface area (Å²) in [7, 11) is 0. The number of rotatable bonds is 10. The molecule has 0 radical (unpaired) electrons. The topological polar surface area (TPSA) is 49.8 Å². The summed E-state index contributed by atoms with van der Waals surface area (Å²) in [6, 6.07) is 37.4. The highest BCUT2D eigenvalue weighted by atomic mass is 16.5. The summed E-state index contributed by atoms with van der Waals surface area (Å²) in [5.41, 5.74) is 3.19. The van der Waals surface area contributed by atoms with Gasteiger partial charge in [-0.15, -0.1) is 0 Å². The number of carboxylic acids is 1. The first-order chi connectivity index (χ1) is 16.6. The summed E-state index contributed by atoms with van der Waals surface area (Å²) < 4.78 is 6.05. The van der Waals surface area contributed by atoms with Gasteiger partial charge in [0.25, 0.3) is 0 Å². The van der Waals surface area contributed by atoms with Crippen LogP contribution in [0.4, 0.5) is 0 Å². The van der Waals surface area contributed by atoms with E-state index in [9.17, 15) is 9.90 Å². The number of aliphatic carboxylic acids is 1. The fourth-order valence-electron chi connectivity index (χ4n) is 4.24. The number of hydrogen-bond donors (Lipinski definition) is 1. The van der Waals surface area contributed by atoms with E-state index in [1.807, 2.05) is 91.0 Å². The molecular weight excluding hydrogens is 422 g/mol. The number of carboxylic acid groups (broad SMARTS) is 1. The van der Waals surface area contributed by atoms with Gasteiger partial charge in [0.15, 0.2) is 0 Å². The summed E-state index contributed by atoms with van der Waals surface area (Å²) in [6.07, 6.45) is -0.0151. The maximum atomic E-state index is 12.0. The van der Waals surface area contributed by atoms with Gasteiger partial charge in [-0.05, 0) is 47.9 Å². The van der Waals surface area contributed by atoms with Gasteiger partial charge in [-0.2, -0.15) is 0 Å². The highest BCUT2D eigenvalue weighted by Gasteiger charge is 2.28. The average Bonchev–Trinajstić information content (AvgIpc) is 2.87. The SMILES string of the molecule is C[C@H](c1ccccc1)N(Cc1ccccc1)[C@@H](CC(=O)O)c1cccc(Oc2ccccc2)c1. The Morgan fingerprint density at radius 2 is 1.32 bits per heavy atom. The minimum atomic E-state index is -0.835. The lowest BCUT2D eigenvalue weighted by molar-refractivity contribution is -0.138. The first kappa shape index (κ1) is 23.3. The molecule has 34 heavy (non-hydrogen) atoms. The van der Waals surface area contributed by atoms with Gasteiger partial charge in [0.2, 0.25) is 0 Å². The first-order valence-electron chi connectivity index (χ1n) is 11.5. The molecule has 4 aromatic rings. The van der Waals surface area contributed by atoms with Gasteiger partial charge >= 0.3 is 5.97 Å². The summed E-state index contributed by atoms with van der Waals surface area (Å²) in [5, 5.41) is 9.86. The maximum Gasteiger partial charge on any atom is 0.305 e. The Bertz CT molecular complexity index is 1180. The Morgan fingerprint density at radius 3 is 1.97 bits per heavy atom. The van der Waals surface area contributed by atoms with E-state index in [0.717, 1.165) is 22.4 Å². The van der Waals surface area contributed by atoms with E-state index in [1.54, 1.807) is 0 Å². The minimum Gasteiger partial charge on any atom is -0.481 e. The molecule has 0 unspecified atom stereocenters. The van der Waals surface area contributed by atoms with Crippen LogP contribution in [-0.2, 0) is 11.3 Å². The smallest absolute Gasteiger partial charge is 0.305 e. The Kier molecular flexibility index (Phi) is 7.74. The molecule has 0 fully saturated rings. The van der Waals surface area contributed by atoms with Gasteiger partial charge in [-0.1, -0.05) is 91.0 Å². The molecule has 0 amide bonds. The van der Waals surface area contributed by atoms with Crippen molar-refractivity contribution in [3.63, 3.8) is 0 Å². The molecule has 1 N–H and O–H groups in total. The molecule has 0 spiro atoms. The van der Waals surface area contributed by atoms with Crippen molar-refractivity contribution < 1.29 is 14.6 Å². The predicted molar refractivity (Wildman–Crippen MR) is 135 cm³/mol. The normalized spacial score (nSPS) is 12.8. The van der Waals surface area contributed by atoms with Crippen LogP contribution in [0.25, 0.3) is 0 Å². The molecular formula is C30H29NO3. The van der Waals surface area contributed by atoms with Gasteiger partial charge in [-0.25, -0.2) is 0 Å². The van der Waals surface area contributed by atoms with E-state index in [4.69, 9.17) is 4.74 Å². The van der Waals surface area contributed by atoms with Gasteiger partial charge < -0.3 is 9.84 Å². The molecule has 0 aliphatic heterocycles. The van der Waals surface area contributed by atoms with E-state index in [-0.39, 0.29) is 18.5 Å². The number of benzene rings is 4. The Hall–Kier alpha value is -3.89. The van der Waals surface area contributed by atoms with Gasteiger partial charge in [-0.3, -0.25) is 9.69 Å². The second-order valence-electron chi connectivity index (χ2n) is 8.35. The third-order valence-corrected chi connectivity index (χ3v) is 5.98.